The second kappa shape index (κ2) is 6.17. The van der Waals surface area contributed by atoms with Crippen LogP contribution in [0.4, 0.5) is 0 Å². The van der Waals surface area contributed by atoms with Crippen molar-refractivity contribution in [1.82, 2.24) is 0 Å². The summed E-state index contributed by atoms with van der Waals surface area (Å²) in [7, 11) is -4.32. The summed E-state index contributed by atoms with van der Waals surface area (Å²) in [5.74, 6) is 0.466. The van der Waals surface area contributed by atoms with Crippen molar-refractivity contribution in [2.24, 2.45) is 0 Å². The number of rotatable bonds is 6. The molecule has 1 rings (SSSR count). The summed E-state index contributed by atoms with van der Waals surface area (Å²) < 4.78 is 32.4. The Morgan fingerprint density at radius 3 is 1.88 bits per heavy atom. The lowest BCUT2D eigenvalue weighted by Crippen LogP contribution is -2.01. The molecule has 0 aliphatic rings. The van der Waals surface area contributed by atoms with Crippen molar-refractivity contribution < 1.29 is 13.0 Å². The highest BCUT2D eigenvalue weighted by atomic mass is 32.2. The third-order valence-corrected chi connectivity index (χ3v) is 3.76. The maximum absolute atomic E-state index is 10.8. The highest BCUT2D eigenvalue weighted by Crippen LogP contribution is 2.27. The minimum absolute atomic E-state index is 0.145. The summed E-state index contributed by atoms with van der Waals surface area (Å²) in [6.07, 6.45) is 4.40. The average molecular weight is 255 g/mol. The van der Waals surface area contributed by atoms with E-state index in [2.05, 4.69) is 13.8 Å². The molecule has 3 nitrogen and oxygen atoms in total. The van der Waals surface area contributed by atoms with E-state index in [9.17, 15) is 13.0 Å². The molecule has 0 radical (unpaired) electrons. The van der Waals surface area contributed by atoms with Crippen LogP contribution in [0.5, 0.6) is 0 Å². The van der Waals surface area contributed by atoms with E-state index in [0.717, 1.165) is 31.2 Å². The van der Waals surface area contributed by atoms with Gasteiger partial charge in [0.1, 0.15) is 10.1 Å². The van der Waals surface area contributed by atoms with Gasteiger partial charge < -0.3 is 4.55 Å². The third kappa shape index (κ3) is 4.13. The zero-order valence-corrected chi connectivity index (χ0v) is 11.2. The molecule has 0 bridgehead atoms. The van der Waals surface area contributed by atoms with Crippen LogP contribution in [0.15, 0.2) is 29.2 Å². The van der Waals surface area contributed by atoms with Crippen LogP contribution in [-0.4, -0.2) is 13.0 Å². The van der Waals surface area contributed by atoms with Crippen molar-refractivity contribution in [3.05, 3.63) is 29.8 Å². The van der Waals surface area contributed by atoms with E-state index in [0.29, 0.717) is 5.92 Å². The zero-order valence-electron chi connectivity index (χ0n) is 10.3. The van der Waals surface area contributed by atoms with E-state index < -0.39 is 10.1 Å². The van der Waals surface area contributed by atoms with E-state index in [-0.39, 0.29) is 4.90 Å². The summed E-state index contributed by atoms with van der Waals surface area (Å²) in [6.45, 7) is 4.28. The van der Waals surface area contributed by atoms with Gasteiger partial charge in [0.25, 0.3) is 0 Å². The molecule has 0 N–H and O–H groups in total. The van der Waals surface area contributed by atoms with Gasteiger partial charge in [0.15, 0.2) is 0 Å². The fourth-order valence-corrected chi connectivity index (χ4v) is 2.55. The van der Waals surface area contributed by atoms with Gasteiger partial charge in [0, 0.05) is 0 Å². The lowest BCUT2D eigenvalue weighted by Gasteiger charge is -2.16. The molecule has 4 heteroatoms. The Morgan fingerprint density at radius 2 is 1.53 bits per heavy atom. The van der Waals surface area contributed by atoms with Gasteiger partial charge in [0.05, 0.1) is 4.90 Å². The van der Waals surface area contributed by atoms with Gasteiger partial charge >= 0.3 is 0 Å². The normalized spacial score (nSPS) is 12.0. The van der Waals surface area contributed by atoms with Crippen LogP contribution in [0, 0.1) is 0 Å². The summed E-state index contributed by atoms with van der Waals surface area (Å²) in [6, 6.07) is 6.35. The van der Waals surface area contributed by atoms with Gasteiger partial charge in [-0.3, -0.25) is 0 Å². The van der Waals surface area contributed by atoms with E-state index in [1.807, 2.05) is 0 Å². The molecule has 0 unspecified atom stereocenters. The zero-order chi connectivity index (χ0) is 12.9. The van der Waals surface area contributed by atoms with Crippen LogP contribution in [-0.2, 0) is 10.1 Å². The first-order valence-corrected chi connectivity index (χ1v) is 7.45. The Hall–Kier alpha value is -0.870. The van der Waals surface area contributed by atoms with Crippen LogP contribution in [0.3, 0.4) is 0 Å². The van der Waals surface area contributed by atoms with Crippen LogP contribution in [0.1, 0.15) is 51.0 Å². The quantitative estimate of drug-likeness (QED) is 0.733. The van der Waals surface area contributed by atoms with Gasteiger partial charge in [-0.05, 0) is 36.5 Å². The highest BCUT2D eigenvalue weighted by Gasteiger charge is 2.10. The summed E-state index contributed by atoms with van der Waals surface area (Å²) in [5, 5.41) is 0. The van der Waals surface area contributed by atoms with Crippen molar-refractivity contribution in [3.63, 3.8) is 0 Å². The Kier molecular flexibility index (Phi) is 5.15. The predicted molar refractivity (Wildman–Crippen MR) is 67.0 cm³/mol. The molecule has 0 aromatic heterocycles. The molecule has 1 aromatic rings. The first-order chi connectivity index (χ1) is 7.99. The molecule has 0 aliphatic heterocycles. The van der Waals surface area contributed by atoms with Crippen molar-refractivity contribution in [1.29, 1.82) is 0 Å². The third-order valence-electron chi connectivity index (χ3n) is 2.91. The summed E-state index contributed by atoms with van der Waals surface area (Å²) in [5.41, 5.74) is 1.13. The topological polar surface area (TPSA) is 57.2 Å². The fourth-order valence-electron chi connectivity index (χ4n) is 2.08. The van der Waals surface area contributed by atoms with Gasteiger partial charge in [-0.25, -0.2) is 8.42 Å². The molecule has 0 aliphatic carbocycles. The molecule has 0 saturated carbocycles. The monoisotopic (exact) mass is 255 g/mol. The van der Waals surface area contributed by atoms with E-state index in [1.165, 1.54) is 12.1 Å². The second-order valence-corrected chi connectivity index (χ2v) is 5.68. The maximum Gasteiger partial charge on any atom is 0.124 e. The van der Waals surface area contributed by atoms with Gasteiger partial charge in [-0.1, -0.05) is 38.8 Å². The Morgan fingerprint density at radius 1 is 1.06 bits per heavy atom. The molecule has 0 spiro atoms. The van der Waals surface area contributed by atoms with Crippen molar-refractivity contribution in [3.8, 4) is 0 Å². The number of benzene rings is 1. The Bertz CT molecular complexity index is 428. The van der Waals surface area contributed by atoms with Crippen molar-refractivity contribution in [2.75, 3.05) is 0 Å². The number of hydrogen-bond donors (Lipinski definition) is 0. The first-order valence-electron chi connectivity index (χ1n) is 6.04. The molecular formula is C13H19O3S-. The lowest BCUT2D eigenvalue weighted by molar-refractivity contribution is 0.463. The molecule has 0 fully saturated rings. The Labute approximate surface area is 104 Å². The molecule has 96 valence electrons. The van der Waals surface area contributed by atoms with E-state index in [4.69, 9.17) is 0 Å². The SMILES string of the molecule is CCCC(CCC)c1ccc(S(=O)(=O)[O-])cc1. The van der Waals surface area contributed by atoms with Crippen molar-refractivity contribution >= 4 is 10.1 Å². The predicted octanol–water partition coefficient (Wildman–Crippen LogP) is 3.27. The molecule has 0 atom stereocenters. The fraction of sp³-hybridized carbons (Fsp3) is 0.538. The van der Waals surface area contributed by atoms with Crippen LogP contribution in [0.2, 0.25) is 0 Å². The number of hydrogen-bond acceptors (Lipinski definition) is 3. The minimum Gasteiger partial charge on any atom is -0.744 e. The molecule has 0 saturated heterocycles. The highest BCUT2D eigenvalue weighted by molar-refractivity contribution is 7.85. The van der Waals surface area contributed by atoms with Crippen molar-refractivity contribution in [2.45, 2.75) is 50.3 Å². The molecule has 17 heavy (non-hydrogen) atoms. The molecule has 1 aromatic carbocycles. The largest absolute Gasteiger partial charge is 0.744 e. The Balaban J connectivity index is 2.91. The second-order valence-electron chi connectivity index (χ2n) is 4.30. The van der Waals surface area contributed by atoms with E-state index >= 15 is 0 Å². The molecule has 0 heterocycles. The summed E-state index contributed by atoms with van der Waals surface area (Å²) >= 11 is 0. The molecular weight excluding hydrogens is 236 g/mol. The smallest absolute Gasteiger partial charge is 0.124 e. The average Bonchev–Trinajstić information content (AvgIpc) is 2.28. The van der Waals surface area contributed by atoms with Crippen LogP contribution < -0.4 is 0 Å². The van der Waals surface area contributed by atoms with Crippen LogP contribution in [0.25, 0.3) is 0 Å². The van der Waals surface area contributed by atoms with Gasteiger partial charge in [-0.15, -0.1) is 0 Å². The summed E-state index contributed by atoms with van der Waals surface area (Å²) in [4.78, 5) is -0.145. The lowest BCUT2D eigenvalue weighted by atomic mass is 9.90. The maximum atomic E-state index is 10.8. The van der Waals surface area contributed by atoms with E-state index in [1.54, 1.807) is 12.1 Å². The van der Waals surface area contributed by atoms with Gasteiger partial charge in [0.2, 0.25) is 0 Å². The first kappa shape index (κ1) is 14.2. The molecule has 0 amide bonds. The standard InChI is InChI=1S/C13H20O3S/c1-3-5-11(6-4-2)12-7-9-13(10-8-12)17(14,15)16/h7-11H,3-6H2,1-2H3,(H,14,15,16)/p-1. The van der Waals surface area contributed by atoms with Crippen LogP contribution >= 0.6 is 0 Å². The minimum atomic E-state index is -4.32. The van der Waals surface area contributed by atoms with Gasteiger partial charge in [-0.2, -0.15) is 0 Å².